The van der Waals surface area contributed by atoms with Crippen LogP contribution in [0.5, 0.6) is 5.75 Å². The van der Waals surface area contributed by atoms with Crippen LogP contribution in [0, 0.1) is 13.8 Å². The number of benzene rings is 3. The zero-order valence-corrected chi connectivity index (χ0v) is 23.8. The van der Waals surface area contributed by atoms with E-state index in [0.29, 0.717) is 52.5 Å². The van der Waals surface area contributed by atoms with Crippen LogP contribution < -0.4 is 20.7 Å². The molecule has 1 aromatic heterocycles. The average molecular weight is 561 g/mol. The molecule has 2 aliphatic rings. The van der Waals surface area contributed by atoms with Crippen molar-refractivity contribution in [3.8, 4) is 5.75 Å². The lowest BCUT2D eigenvalue weighted by molar-refractivity contribution is -0.110. The van der Waals surface area contributed by atoms with E-state index >= 15 is 0 Å². The maximum atomic E-state index is 13.2. The fraction of sp³-hybridized carbons (Fsp3) is 0.206. The molecule has 0 bridgehead atoms. The van der Waals surface area contributed by atoms with Gasteiger partial charge in [-0.05, 0) is 73.4 Å². The molecule has 4 aromatic rings. The lowest BCUT2D eigenvalue weighted by Gasteiger charge is -2.14. The van der Waals surface area contributed by atoms with E-state index < -0.39 is 0 Å². The van der Waals surface area contributed by atoms with E-state index in [9.17, 15) is 14.4 Å². The van der Waals surface area contributed by atoms with Gasteiger partial charge in [0.25, 0.3) is 17.7 Å². The lowest BCUT2D eigenvalue weighted by atomic mass is 10.0. The number of aromatic nitrogens is 1. The number of rotatable bonds is 7. The molecule has 6 rings (SSSR count). The molecule has 0 spiro atoms. The van der Waals surface area contributed by atoms with Crippen molar-refractivity contribution < 1.29 is 19.1 Å². The highest BCUT2D eigenvalue weighted by Crippen LogP contribution is 2.35. The van der Waals surface area contributed by atoms with Crippen molar-refractivity contribution in [3.63, 3.8) is 0 Å². The third-order valence-corrected chi connectivity index (χ3v) is 7.91. The molecule has 8 heteroatoms. The van der Waals surface area contributed by atoms with Crippen LogP contribution in [-0.2, 0) is 17.8 Å². The van der Waals surface area contributed by atoms with Gasteiger partial charge in [-0.3, -0.25) is 14.4 Å². The van der Waals surface area contributed by atoms with Gasteiger partial charge in [-0.15, -0.1) is 0 Å². The van der Waals surface area contributed by atoms with Crippen molar-refractivity contribution in [2.45, 2.75) is 39.8 Å². The summed E-state index contributed by atoms with van der Waals surface area (Å²) in [6, 6.07) is 20.7. The molecule has 2 aliphatic heterocycles. The van der Waals surface area contributed by atoms with E-state index in [1.54, 1.807) is 24.3 Å². The fourth-order valence-electron chi connectivity index (χ4n) is 5.60. The van der Waals surface area contributed by atoms with Gasteiger partial charge in [0, 0.05) is 41.2 Å². The Balaban J connectivity index is 1.21. The first kappa shape index (κ1) is 27.1. The number of carbonyl (C=O) groups is 3. The van der Waals surface area contributed by atoms with Crippen LogP contribution in [-0.4, -0.2) is 29.3 Å². The summed E-state index contributed by atoms with van der Waals surface area (Å²) < 4.78 is 5.57. The minimum absolute atomic E-state index is 0.174. The number of amides is 3. The molecule has 42 heavy (non-hydrogen) atoms. The Kier molecular flexibility index (Phi) is 7.12. The number of anilines is 1. The molecule has 0 radical (unpaired) electrons. The van der Waals surface area contributed by atoms with E-state index in [4.69, 9.17) is 4.74 Å². The second kappa shape index (κ2) is 11.0. The number of H-pyrrole nitrogens is 1. The minimum Gasteiger partial charge on any atom is -0.493 e. The maximum absolute atomic E-state index is 13.2. The first-order valence-corrected chi connectivity index (χ1v) is 14.0. The van der Waals surface area contributed by atoms with Gasteiger partial charge in [-0.2, -0.15) is 0 Å². The van der Waals surface area contributed by atoms with Crippen LogP contribution >= 0.6 is 0 Å². The van der Waals surface area contributed by atoms with Gasteiger partial charge in [0.05, 0.1) is 23.8 Å². The number of nitrogens with one attached hydrogen (secondary N) is 4. The summed E-state index contributed by atoms with van der Waals surface area (Å²) in [5, 5.41) is 8.93. The van der Waals surface area contributed by atoms with E-state index in [1.807, 2.05) is 63.2 Å². The van der Waals surface area contributed by atoms with Crippen molar-refractivity contribution in [1.82, 2.24) is 15.6 Å². The molecule has 0 aliphatic carbocycles. The number of aryl methyl sites for hydroxylation is 1. The van der Waals surface area contributed by atoms with Crippen LogP contribution in [0.25, 0.3) is 11.6 Å². The van der Waals surface area contributed by atoms with E-state index in [2.05, 4.69) is 27.0 Å². The summed E-state index contributed by atoms with van der Waals surface area (Å²) in [5.41, 5.74) is 7.99. The summed E-state index contributed by atoms with van der Waals surface area (Å²) in [7, 11) is 0. The third-order valence-electron chi connectivity index (χ3n) is 7.91. The van der Waals surface area contributed by atoms with Crippen LogP contribution in [0.1, 0.15) is 72.9 Å². The first-order valence-electron chi connectivity index (χ1n) is 14.0. The number of fused-ring (bicyclic) bond motifs is 2. The second-order valence-electron chi connectivity index (χ2n) is 10.8. The highest BCUT2D eigenvalue weighted by atomic mass is 16.5. The standard InChI is InChI=1S/C34H32N4O4/c1-19-29(36-21(3)31(19)34(41)35-18-22-9-12-30-24(15-22)13-14-42-30)17-27-26-16-25(10-11-28(26)38-33(27)40)32(39)37-20(2)23-7-5-4-6-8-23/h4-12,15-17,20,36H,13-14,18H2,1-3H3,(H,35,41)(H,37,39)(H,38,40)/b27-17-/t20-/m1/s1. The van der Waals surface area contributed by atoms with E-state index in [0.717, 1.165) is 34.4 Å². The molecular formula is C34H32N4O4. The topological polar surface area (TPSA) is 112 Å². The van der Waals surface area contributed by atoms with Gasteiger partial charge < -0.3 is 25.7 Å². The zero-order chi connectivity index (χ0) is 29.4. The minimum atomic E-state index is -0.265. The summed E-state index contributed by atoms with van der Waals surface area (Å²) in [4.78, 5) is 42.5. The zero-order valence-electron chi connectivity index (χ0n) is 23.8. The second-order valence-corrected chi connectivity index (χ2v) is 10.8. The quantitative estimate of drug-likeness (QED) is 0.224. The Morgan fingerprint density at radius 1 is 1.02 bits per heavy atom. The van der Waals surface area contributed by atoms with Crippen LogP contribution in [0.3, 0.4) is 0 Å². The van der Waals surface area contributed by atoms with E-state index in [1.165, 1.54) is 0 Å². The molecule has 8 nitrogen and oxygen atoms in total. The fourth-order valence-corrected chi connectivity index (χ4v) is 5.60. The molecule has 212 valence electrons. The monoisotopic (exact) mass is 560 g/mol. The van der Waals surface area contributed by atoms with Gasteiger partial charge >= 0.3 is 0 Å². The number of ether oxygens (including phenoxy) is 1. The molecule has 0 fully saturated rings. The highest BCUT2D eigenvalue weighted by Gasteiger charge is 2.27. The van der Waals surface area contributed by atoms with Crippen LogP contribution in [0.2, 0.25) is 0 Å². The summed E-state index contributed by atoms with van der Waals surface area (Å²) in [5.74, 6) is 0.227. The van der Waals surface area contributed by atoms with E-state index in [-0.39, 0.29) is 23.8 Å². The van der Waals surface area contributed by atoms with Crippen molar-refractivity contribution >= 4 is 35.1 Å². The van der Waals surface area contributed by atoms with Gasteiger partial charge in [-0.25, -0.2) is 0 Å². The Labute approximate surface area is 244 Å². The molecule has 0 saturated carbocycles. The summed E-state index contributed by atoms with van der Waals surface area (Å²) in [6.07, 6.45) is 2.62. The summed E-state index contributed by atoms with van der Waals surface area (Å²) >= 11 is 0. The van der Waals surface area contributed by atoms with Gasteiger partial charge in [0.1, 0.15) is 5.75 Å². The van der Waals surface area contributed by atoms with Crippen LogP contribution in [0.4, 0.5) is 5.69 Å². The molecule has 1 atom stereocenters. The van der Waals surface area contributed by atoms with Gasteiger partial charge in [0.15, 0.2) is 0 Å². The largest absolute Gasteiger partial charge is 0.493 e. The molecule has 0 saturated heterocycles. The molecule has 4 N–H and O–H groups in total. The van der Waals surface area contributed by atoms with Crippen LogP contribution in [0.15, 0.2) is 66.7 Å². The molecule has 3 heterocycles. The maximum Gasteiger partial charge on any atom is 0.256 e. The number of hydrogen-bond acceptors (Lipinski definition) is 4. The third kappa shape index (κ3) is 5.19. The predicted octanol–water partition coefficient (Wildman–Crippen LogP) is 5.48. The SMILES string of the molecule is Cc1[nH]c(/C=C2\C(=O)Nc3ccc(C(=O)N[C@H](C)c4ccccc4)cc32)c(C)c1C(=O)NCc1ccc2c(c1)CCO2. The molecule has 0 unspecified atom stereocenters. The smallest absolute Gasteiger partial charge is 0.256 e. The molecule has 3 aromatic carbocycles. The Bertz CT molecular complexity index is 1750. The van der Waals surface area contributed by atoms with Crippen molar-refractivity contribution in [1.29, 1.82) is 0 Å². The van der Waals surface area contributed by atoms with Crippen molar-refractivity contribution in [2.24, 2.45) is 0 Å². The van der Waals surface area contributed by atoms with Crippen molar-refractivity contribution in [3.05, 3.63) is 117 Å². The normalized spacial score (nSPS) is 15.0. The summed E-state index contributed by atoms with van der Waals surface area (Å²) in [6.45, 7) is 6.73. The lowest BCUT2D eigenvalue weighted by Crippen LogP contribution is -2.26. The molecule has 3 amide bonds. The first-order chi connectivity index (χ1) is 20.3. The Hall–Kier alpha value is -5.11. The van der Waals surface area contributed by atoms with Gasteiger partial charge in [0.2, 0.25) is 0 Å². The van der Waals surface area contributed by atoms with Crippen molar-refractivity contribution in [2.75, 3.05) is 11.9 Å². The molecular weight excluding hydrogens is 528 g/mol. The predicted molar refractivity (Wildman–Crippen MR) is 162 cm³/mol. The van der Waals surface area contributed by atoms with Gasteiger partial charge in [-0.1, -0.05) is 42.5 Å². The number of hydrogen-bond donors (Lipinski definition) is 4. The average Bonchev–Trinajstić information content (AvgIpc) is 3.66. The Morgan fingerprint density at radius 3 is 2.64 bits per heavy atom. The highest BCUT2D eigenvalue weighted by molar-refractivity contribution is 6.35. The Morgan fingerprint density at radius 2 is 1.83 bits per heavy atom. The number of aromatic amines is 1. The number of carbonyl (C=O) groups excluding carboxylic acids is 3.